The summed E-state index contributed by atoms with van der Waals surface area (Å²) in [5, 5.41) is 5.85. The van der Waals surface area contributed by atoms with Crippen LogP contribution in [0.2, 0.25) is 0 Å². The van der Waals surface area contributed by atoms with Crippen molar-refractivity contribution in [3.8, 4) is 23.0 Å². The van der Waals surface area contributed by atoms with E-state index in [1.165, 1.54) is 14.2 Å². The quantitative estimate of drug-likeness (QED) is 0.392. The van der Waals surface area contributed by atoms with Crippen LogP contribution in [0.5, 0.6) is 11.5 Å². The van der Waals surface area contributed by atoms with Crippen LogP contribution in [-0.2, 0) is 0 Å². The fraction of sp³-hybridized carbons (Fsp3) is 0.160. The summed E-state index contributed by atoms with van der Waals surface area (Å²) in [5.41, 5.74) is 5.78. The van der Waals surface area contributed by atoms with Gasteiger partial charge < -0.3 is 19.2 Å². The summed E-state index contributed by atoms with van der Waals surface area (Å²) in [4.78, 5) is 17.1. The van der Waals surface area contributed by atoms with E-state index in [1.54, 1.807) is 18.2 Å². The standard InChI is InChI=1S/C25H23N3O4S/c1-14-11-15(2)22-19(12-14)27-24(32-22)16-5-8-18(9-6-16)26-25(33)28-23(29)17-7-10-20(30-3)21(13-17)31-4/h5-13H,1-4H3,(H2,26,28,29,33). The Morgan fingerprint density at radius 1 is 0.970 bits per heavy atom. The summed E-state index contributed by atoms with van der Waals surface area (Å²) in [6.45, 7) is 4.04. The third-order valence-corrected chi connectivity index (χ3v) is 5.29. The number of carbonyl (C=O) groups excluding carboxylic acids is 1. The van der Waals surface area contributed by atoms with Gasteiger partial charge in [-0.25, -0.2) is 4.98 Å². The third kappa shape index (κ3) is 4.80. The number of fused-ring (bicyclic) bond motifs is 1. The summed E-state index contributed by atoms with van der Waals surface area (Å²) < 4.78 is 16.4. The van der Waals surface area contributed by atoms with Gasteiger partial charge in [0, 0.05) is 16.8 Å². The van der Waals surface area contributed by atoms with Gasteiger partial charge in [0.15, 0.2) is 22.2 Å². The van der Waals surface area contributed by atoms with Crippen LogP contribution in [-0.4, -0.2) is 30.2 Å². The molecule has 8 heteroatoms. The monoisotopic (exact) mass is 461 g/mol. The normalized spacial score (nSPS) is 10.7. The minimum atomic E-state index is -0.359. The molecule has 0 saturated carbocycles. The Bertz CT molecular complexity index is 1350. The largest absolute Gasteiger partial charge is 0.493 e. The van der Waals surface area contributed by atoms with E-state index in [4.69, 9.17) is 26.1 Å². The lowest BCUT2D eigenvalue weighted by molar-refractivity contribution is 0.0977. The molecule has 0 saturated heterocycles. The van der Waals surface area contributed by atoms with Gasteiger partial charge in [-0.2, -0.15) is 0 Å². The number of benzene rings is 3. The molecule has 168 valence electrons. The molecule has 1 aromatic heterocycles. The maximum absolute atomic E-state index is 12.5. The van der Waals surface area contributed by atoms with Crippen molar-refractivity contribution in [2.24, 2.45) is 0 Å². The molecule has 0 unspecified atom stereocenters. The van der Waals surface area contributed by atoms with E-state index in [0.717, 1.165) is 33.5 Å². The number of hydrogen-bond acceptors (Lipinski definition) is 6. The number of oxazole rings is 1. The average molecular weight is 462 g/mol. The molecule has 0 aliphatic rings. The molecule has 0 radical (unpaired) electrons. The second-order valence-electron chi connectivity index (χ2n) is 7.50. The van der Waals surface area contributed by atoms with Gasteiger partial charge in [-0.3, -0.25) is 10.1 Å². The Kier molecular flexibility index (Phi) is 6.28. The second kappa shape index (κ2) is 9.30. The first-order valence-electron chi connectivity index (χ1n) is 10.2. The molecule has 3 aromatic carbocycles. The first-order valence-corrected chi connectivity index (χ1v) is 10.6. The van der Waals surface area contributed by atoms with Crippen molar-refractivity contribution < 1.29 is 18.7 Å². The number of amides is 1. The number of methoxy groups -OCH3 is 2. The number of thiocarbonyl (C=S) groups is 1. The van der Waals surface area contributed by atoms with Crippen LogP contribution in [0, 0.1) is 13.8 Å². The highest BCUT2D eigenvalue weighted by Crippen LogP contribution is 2.29. The van der Waals surface area contributed by atoms with Gasteiger partial charge in [0.1, 0.15) is 5.52 Å². The molecule has 33 heavy (non-hydrogen) atoms. The number of aromatic nitrogens is 1. The van der Waals surface area contributed by atoms with Crippen molar-refractivity contribution in [2.75, 3.05) is 19.5 Å². The van der Waals surface area contributed by atoms with Gasteiger partial charge in [-0.05, 0) is 85.7 Å². The topological polar surface area (TPSA) is 85.6 Å². The van der Waals surface area contributed by atoms with Crippen molar-refractivity contribution in [2.45, 2.75) is 13.8 Å². The fourth-order valence-electron chi connectivity index (χ4n) is 3.51. The molecule has 0 atom stereocenters. The molecule has 0 aliphatic carbocycles. The molecular formula is C25H23N3O4S. The van der Waals surface area contributed by atoms with Crippen LogP contribution in [0.1, 0.15) is 21.5 Å². The number of nitrogens with one attached hydrogen (secondary N) is 2. The second-order valence-corrected chi connectivity index (χ2v) is 7.91. The molecule has 0 aliphatic heterocycles. The molecule has 0 fully saturated rings. The van der Waals surface area contributed by atoms with Crippen LogP contribution in [0.4, 0.5) is 5.69 Å². The highest BCUT2D eigenvalue weighted by molar-refractivity contribution is 7.80. The lowest BCUT2D eigenvalue weighted by atomic mass is 10.1. The van der Waals surface area contributed by atoms with E-state index >= 15 is 0 Å². The maximum atomic E-state index is 12.5. The highest BCUT2D eigenvalue weighted by Gasteiger charge is 2.13. The lowest BCUT2D eigenvalue weighted by Gasteiger charge is -2.12. The molecule has 0 spiro atoms. The Hall–Kier alpha value is -3.91. The van der Waals surface area contributed by atoms with Gasteiger partial charge in [0.05, 0.1) is 14.2 Å². The summed E-state index contributed by atoms with van der Waals surface area (Å²) in [7, 11) is 3.05. The average Bonchev–Trinajstić information content (AvgIpc) is 3.23. The van der Waals surface area contributed by atoms with Crippen LogP contribution in [0.25, 0.3) is 22.6 Å². The number of ether oxygens (including phenoxy) is 2. The Balaban J connectivity index is 1.43. The molecule has 4 rings (SSSR count). The predicted octanol–water partition coefficient (Wildman–Crippen LogP) is 5.26. The van der Waals surface area contributed by atoms with Gasteiger partial charge in [0.25, 0.3) is 5.91 Å². The van der Waals surface area contributed by atoms with Crippen molar-refractivity contribution in [3.63, 3.8) is 0 Å². The summed E-state index contributed by atoms with van der Waals surface area (Å²) >= 11 is 5.29. The van der Waals surface area contributed by atoms with Crippen LogP contribution in [0.3, 0.4) is 0 Å². The summed E-state index contributed by atoms with van der Waals surface area (Å²) in [6.07, 6.45) is 0. The smallest absolute Gasteiger partial charge is 0.257 e. The summed E-state index contributed by atoms with van der Waals surface area (Å²) in [5.74, 6) is 1.19. The molecule has 2 N–H and O–H groups in total. The number of rotatable bonds is 5. The zero-order valence-corrected chi connectivity index (χ0v) is 19.5. The Morgan fingerprint density at radius 2 is 1.70 bits per heavy atom. The van der Waals surface area contributed by atoms with Crippen molar-refractivity contribution in [3.05, 3.63) is 71.3 Å². The third-order valence-electron chi connectivity index (χ3n) is 5.08. The molecular weight excluding hydrogens is 438 g/mol. The minimum absolute atomic E-state index is 0.176. The van der Waals surface area contributed by atoms with Crippen LogP contribution in [0.15, 0.2) is 59.0 Å². The number of nitrogens with zero attached hydrogens (tertiary/aromatic N) is 1. The first-order chi connectivity index (χ1) is 15.9. The summed E-state index contributed by atoms with van der Waals surface area (Å²) in [6, 6.07) is 16.4. The molecule has 0 bridgehead atoms. The Labute approximate surface area is 196 Å². The van der Waals surface area contributed by atoms with Crippen molar-refractivity contribution >= 4 is 40.0 Å². The van der Waals surface area contributed by atoms with E-state index in [1.807, 2.05) is 44.2 Å². The highest BCUT2D eigenvalue weighted by atomic mass is 32.1. The molecule has 1 amide bonds. The first kappa shape index (κ1) is 22.3. The molecule has 1 heterocycles. The molecule has 7 nitrogen and oxygen atoms in total. The minimum Gasteiger partial charge on any atom is -0.493 e. The molecule has 4 aromatic rings. The SMILES string of the molecule is COc1ccc(C(=O)NC(=S)Nc2ccc(-c3nc4cc(C)cc(C)c4o3)cc2)cc1OC. The van der Waals surface area contributed by atoms with E-state index < -0.39 is 0 Å². The van der Waals surface area contributed by atoms with E-state index in [2.05, 4.69) is 21.7 Å². The van der Waals surface area contributed by atoms with Gasteiger partial charge in [-0.15, -0.1) is 0 Å². The number of aryl methyl sites for hydroxylation is 2. The zero-order valence-electron chi connectivity index (χ0n) is 18.7. The lowest BCUT2D eigenvalue weighted by Crippen LogP contribution is -2.34. The number of anilines is 1. The van der Waals surface area contributed by atoms with E-state index in [9.17, 15) is 4.79 Å². The van der Waals surface area contributed by atoms with Crippen LogP contribution < -0.4 is 20.1 Å². The van der Waals surface area contributed by atoms with E-state index in [0.29, 0.717) is 23.0 Å². The zero-order chi connectivity index (χ0) is 23.5. The van der Waals surface area contributed by atoms with Gasteiger partial charge in [-0.1, -0.05) is 6.07 Å². The van der Waals surface area contributed by atoms with Crippen LogP contribution >= 0.6 is 12.2 Å². The fourth-order valence-corrected chi connectivity index (χ4v) is 3.72. The number of carbonyl (C=O) groups is 1. The van der Waals surface area contributed by atoms with Gasteiger partial charge in [0.2, 0.25) is 5.89 Å². The van der Waals surface area contributed by atoms with E-state index in [-0.39, 0.29) is 11.0 Å². The Morgan fingerprint density at radius 3 is 2.39 bits per heavy atom. The predicted molar refractivity (Wildman–Crippen MR) is 132 cm³/mol. The number of hydrogen-bond donors (Lipinski definition) is 2. The van der Waals surface area contributed by atoms with Crippen molar-refractivity contribution in [1.82, 2.24) is 10.3 Å². The maximum Gasteiger partial charge on any atom is 0.257 e. The van der Waals surface area contributed by atoms with Crippen molar-refractivity contribution in [1.29, 1.82) is 0 Å². The van der Waals surface area contributed by atoms with Gasteiger partial charge >= 0.3 is 0 Å².